The maximum Gasteiger partial charge on any atom is 0.295 e. The van der Waals surface area contributed by atoms with Crippen molar-refractivity contribution in [1.29, 1.82) is 0 Å². The first-order valence-corrected chi connectivity index (χ1v) is 9.85. The van der Waals surface area contributed by atoms with Crippen LogP contribution in [0.2, 0.25) is 0 Å². The monoisotopic (exact) mass is 398 g/mol. The van der Waals surface area contributed by atoms with Gasteiger partial charge in [-0.1, -0.05) is 66.2 Å². The van der Waals surface area contributed by atoms with Crippen LogP contribution in [0, 0.1) is 6.92 Å². The largest absolute Gasteiger partial charge is 0.507 e. The Balaban J connectivity index is 1.76. The van der Waals surface area contributed by atoms with Crippen LogP contribution in [0.3, 0.4) is 0 Å². The zero-order valence-corrected chi connectivity index (χ0v) is 16.7. The number of aromatic nitrogens is 1. The average molecular weight is 398 g/mol. The molecule has 1 aromatic heterocycles. The number of nitrogens with zero attached hydrogens (tertiary/aromatic N) is 2. The summed E-state index contributed by atoms with van der Waals surface area (Å²) in [5, 5.41) is 11.0. The summed E-state index contributed by atoms with van der Waals surface area (Å²) in [5.41, 5.74) is 3.42. The van der Waals surface area contributed by atoms with Gasteiger partial charge in [-0.15, -0.1) is 0 Å². The van der Waals surface area contributed by atoms with Gasteiger partial charge in [-0.3, -0.25) is 14.6 Å². The van der Waals surface area contributed by atoms with Gasteiger partial charge in [0.1, 0.15) is 5.76 Å². The molecule has 30 heavy (non-hydrogen) atoms. The number of amides is 1. The maximum atomic E-state index is 13.0. The van der Waals surface area contributed by atoms with Crippen LogP contribution in [0.1, 0.15) is 28.3 Å². The second-order valence-corrected chi connectivity index (χ2v) is 7.38. The third kappa shape index (κ3) is 3.74. The number of pyridine rings is 1. The molecule has 150 valence electrons. The lowest BCUT2D eigenvalue weighted by Crippen LogP contribution is -2.31. The molecule has 1 unspecified atom stereocenters. The lowest BCUT2D eigenvalue weighted by atomic mass is 9.96. The van der Waals surface area contributed by atoms with E-state index in [1.807, 2.05) is 55.5 Å². The first kappa shape index (κ1) is 19.6. The molecule has 1 saturated heterocycles. The zero-order chi connectivity index (χ0) is 21.1. The fourth-order valence-corrected chi connectivity index (χ4v) is 3.76. The van der Waals surface area contributed by atoms with E-state index < -0.39 is 17.7 Å². The number of carbonyl (C=O) groups excluding carboxylic acids is 2. The zero-order valence-electron chi connectivity index (χ0n) is 16.7. The van der Waals surface area contributed by atoms with Crippen molar-refractivity contribution in [1.82, 2.24) is 9.88 Å². The number of rotatable bonds is 5. The molecule has 2 heterocycles. The van der Waals surface area contributed by atoms with Crippen LogP contribution in [0.5, 0.6) is 0 Å². The van der Waals surface area contributed by atoms with Crippen LogP contribution in [0.4, 0.5) is 0 Å². The minimum atomic E-state index is -0.677. The molecule has 0 spiro atoms. The van der Waals surface area contributed by atoms with Gasteiger partial charge in [-0.25, -0.2) is 0 Å². The van der Waals surface area contributed by atoms with E-state index in [0.717, 1.165) is 11.1 Å². The molecule has 2 aromatic carbocycles. The molecule has 1 N–H and O–H groups in total. The molecule has 1 aliphatic rings. The van der Waals surface area contributed by atoms with Crippen LogP contribution >= 0.6 is 0 Å². The van der Waals surface area contributed by atoms with E-state index in [4.69, 9.17) is 0 Å². The van der Waals surface area contributed by atoms with Gasteiger partial charge in [0, 0.05) is 24.5 Å². The van der Waals surface area contributed by atoms with Crippen molar-refractivity contribution in [2.75, 3.05) is 6.54 Å². The molecule has 1 amide bonds. The molecule has 3 aromatic rings. The lowest BCUT2D eigenvalue weighted by molar-refractivity contribution is -0.139. The van der Waals surface area contributed by atoms with Gasteiger partial charge in [0.25, 0.3) is 11.7 Å². The van der Waals surface area contributed by atoms with E-state index in [1.165, 1.54) is 4.90 Å². The number of benzene rings is 2. The molecule has 5 heteroatoms. The van der Waals surface area contributed by atoms with Crippen molar-refractivity contribution < 1.29 is 14.7 Å². The molecule has 1 aliphatic heterocycles. The highest BCUT2D eigenvalue weighted by molar-refractivity contribution is 6.46. The van der Waals surface area contributed by atoms with Gasteiger partial charge in [0.05, 0.1) is 11.6 Å². The van der Waals surface area contributed by atoms with Crippen molar-refractivity contribution >= 4 is 17.4 Å². The molecule has 0 bridgehead atoms. The Kier molecular flexibility index (Phi) is 5.44. The van der Waals surface area contributed by atoms with Crippen LogP contribution in [0.15, 0.2) is 84.7 Å². The fourth-order valence-electron chi connectivity index (χ4n) is 3.76. The summed E-state index contributed by atoms with van der Waals surface area (Å²) >= 11 is 0. The molecular formula is C25H22N2O3. The molecule has 0 saturated carbocycles. The van der Waals surface area contributed by atoms with Crippen molar-refractivity contribution in [2.24, 2.45) is 0 Å². The van der Waals surface area contributed by atoms with Crippen LogP contribution in [-0.4, -0.2) is 33.2 Å². The summed E-state index contributed by atoms with van der Waals surface area (Å²) in [7, 11) is 0. The Morgan fingerprint density at radius 1 is 1.00 bits per heavy atom. The van der Waals surface area contributed by atoms with E-state index >= 15 is 0 Å². The summed E-state index contributed by atoms with van der Waals surface area (Å²) in [4.78, 5) is 31.6. The predicted octanol–water partition coefficient (Wildman–Crippen LogP) is 4.05. The number of hydrogen-bond acceptors (Lipinski definition) is 4. The first-order chi connectivity index (χ1) is 14.6. The molecule has 0 radical (unpaired) electrons. The number of ketones is 1. The summed E-state index contributed by atoms with van der Waals surface area (Å²) in [6.45, 7) is 2.31. The summed E-state index contributed by atoms with van der Waals surface area (Å²) in [6.07, 6.45) is 3.88. The van der Waals surface area contributed by atoms with Gasteiger partial charge in [0.15, 0.2) is 0 Å². The van der Waals surface area contributed by atoms with E-state index in [0.29, 0.717) is 24.1 Å². The van der Waals surface area contributed by atoms with E-state index in [1.54, 1.807) is 30.6 Å². The number of carbonyl (C=O) groups is 2. The van der Waals surface area contributed by atoms with Crippen molar-refractivity contribution in [3.05, 3.63) is 107 Å². The predicted molar refractivity (Wildman–Crippen MR) is 115 cm³/mol. The molecule has 4 rings (SSSR count). The second kappa shape index (κ2) is 8.33. The topological polar surface area (TPSA) is 70.5 Å². The minimum absolute atomic E-state index is 0.102. The first-order valence-electron chi connectivity index (χ1n) is 9.85. The Morgan fingerprint density at radius 2 is 1.73 bits per heavy atom. The maximum absolute atomic E-state index is 13.0. The summed E-state index contributed by atoms with van der Waals surface area (Å²) < 4.78 is 0. The van der Waals surface area contributed by atoms with Gasteiger partial charge in [-0.05, 0) is 30.5 Å². The molecule has 1 fully saturated rings. The Labute approximate surface area is 175 Å². The quantitative estimate of drug-likeness (QED) is 0.400. The highest BCUT2D eigenvalue weighted by Gasteiger charge is 2.45. The number of hydrogen-bond donors (Lipinski definition) is 1. The highest BCUT2D eigenvalue weighted by Crippen LogP contribution is 2.39. The standard InChI is InChI=1S/C25H22N2O3/c1-17-9-11-19(12-10-17)23(28)21-22(20-8-5-14-26-16-20)27(25(30)24(21)29)15-13-18-6-3-2-4-7-18/h2-12,14,16,22,28H,13,15H2,1H3/b23-21+. The van der Waals surface area contributed by atoms with Crippen molar-refractivity contribution in [2.45, 2.75) is 19.4 Å². The number of Topliss-reactive ketones (excluding diaryl/α,β-unsaturated/α-hetero) is 1. The number of likely N-dealkylation sites (tertiary alicyclic amines) is 1. The normalized spacial score (nSPS) is 18.0. The van der Waals surface area contributed by atoms with Crippen LogP contribution in [-0.2, 0) is 16.0 Å². The number of aryl methyl sites for hydroxylation is 1. The van der Waals surface area contributed by atoms with E-state index in [2.05, 4.69) is 4.98 Å². The Hall–Kier alpha value is -3.73. The lowest BCUT2D eigenvalue weighted by Gasteiger charge is -2.25. The summed E-state index contributed by atoms with van der Waals surface area (Å²) in [5.74, 6) is -1.44. The average Bonchev–Trinajstić information content (AvgIpc) is 3.04. The minimum Gasteiger partial charge on any atom is -0.507 e. The SMILES string of the molecule is Cc1ccc(/C(O)=C2\C(=O)C(=O)N(CCc3ccccc3)C2c2cccnc2)cc1. The van der Waals surface area contributed by atoms with Gasteiger partial charge in [-0.2, -0.15) is 0 Å². The Bertz CT molecular complexity index is 1090. The molecule has 5 nitrogen and oxygen atoms in total. The van der Waals surface area contributed by atoms with E-state index in [-0.39, 0.29) is 11.3 Å². The van der Waals surface area contributed by atoms with E-state index in [9.17, 15) is 14.7 Å². The van der Waals surface area contributed by atoms with Gasteiger partial charge in [0.2, 0.25) is 0 Å². The molecule has 1 atom stereocenters. The second-order valence-electron chi connectivity index (χ2n) is 7.38. The highest BCUT2D eigenvalue weighted by atomic mass is 16.3. The van der Waals surface area contributed by atoms with Crippen molar-refractivity contribution in [3.8, 4) is 0 Å². The Morgan fingerprint density at radius 3 is 2.40 bits per heavy atom. The van der Waals surface area contributed by atoms with Gasteiger partial charge < -0.3 is 10.0 Å². The third-order valence-corrected chi connectivity index (χ3v) is 5.35. The number of aliphatic hydroxyl groups is 1. The van der Waals surface area contributed by atoms with Crippen LogP contribution in [0.25, 0.3) is 5.76 Å². The summed E-state index contributed by atoms with van der Waals surface area (Å²) in [6, 6.07) is 19.9. The molecular weight excluding hydrogens is 376 g/mol. The fraction of sp³-hybridized carbons (Fsp3) is 0.160. The van der Waals surface area contributed by atoms with Crippen LogP contribution < -0.4 is 0 Å². The smallest absolute Gasteiger partial charge is 0.295 e. The molecule has 0 aliphatic carbocycles. The van der Waals surface area contributed by atoms with Gasteiger partial charge >= 0.3 is 0 Å². The number of aliphatic hydroxyl groups excluding tert-OH is 1. The third-order valence-electron chi connectivity index (χ3n) is 5.35. The van der Waals surface area contributed by atoms with Crippen molar-refractivity contribution in [3.63, 3.8) is 0 Å².